The number of benzene rings is 2. The summed E-state index contributed by atoms with van der Waals surface area (Å²) in [6.07, 6.45) is -0.103. The van der Waals surface area contributed by atoms with E-state index in [4.69, 9.17) is 0 Å². The lowest BCUT2D eigenvalue weighted by Crippen LogP contribution is -2.52. The monoisotopic (exact) mass is 319 g/mol. The van der Waals surface area contributed by atoms with Crippen molar-refractivity contribution in [2.45, 2.75) is 18.9 Å². The second-order valence-corrected chi connectivity index (χ2v) is 5.20. The number of halogens is 2. The summed E-state index contributed by atoms with van der Waals surface area (Å²) in [7, 11) is 0. The van der Waals surface area contributed by atoms with Crippen LogP contribution in [0.5, 0.6) is 0 Å². The number of carbonyl (C=O) groups is 2. The second-order valence-electron chi connectivity index (χ2n) is 5.20. The van der Waals surface area contributed by atoms with Crippen LogP contribution in [0.2, 0.25) is 0 Å². The molecule has 0 aromatic heterocycles. The molecule has 120 valence electrons. The first-order valence-corrected chi connectivity index (χ1v) is 6.86. The molecular formula is C17H15F2NO3. The molecule has 0 aliphatic heterocycles. The van der Waals surface area contributed by atoms with E-state index < -0.39 is 29.0 Å². The van der Waals surface area contributed by atoms with Gasteiger partial charge in [0.25, 0.3) is 0 Å². The highest BCUT2D eigenvalue weighted by atomic mass is 19.1. The Bertz CT molecular complexity index is 714. The quantitative estimate of drug-likeness (QED) is 0.890. The van der Waals surface area contributed by atoms with Gasteiger partial charge in [-0.1, -0.05) is 24.3 Å². The minimum atomic E-state index is -1.77. The summed E-state index contributed by atoms with van der Waals surface area (Å²) in [6.45, 7) is 1.20. The van der Waals surface area contributed by atoms with E-state index in [1.807, 2.05) is 0 Å². The molecule has 23 heavy (non-hydrogen) atoms. The molecule has 2 rings (SSSR count). The molecule has 2 aromatic carbocycles. The normalized spacial score (nSPS) is 13.2. The van der Waals surface area contributed by atoms with Gasteiger partial charge in [-0.15, -0.1) is 0 Å². The maximum atomic E-state index is 13.1. The van der Waals surface area contributed by atoms with Crippen LogP contribution in [0.1, 0.15) is 18.1 Å². The summed E-state index contributed by atoms with van der Waals surface area (Å²) in [5.41, 5.74) is -1.02. The van der Waals surface area contributed by atoms with Gasteiger partial charge in [0, 0.05) is 13.3 Å². The van der Waals surface area contributed by atoms with Crippen LogP contribution in [0.15, 0.2) is 48.5 Å². The molecule has 1 unspecified atom stereocenters. The number of carboxylic acid groups (broad SMARTS) is 1. The molecule has 0 bridgehead atoms. The number of carbonyl (C=O) groups excluding carboxylic acids is 1. The Hall–Kier alpha value is -2.76. The Morgan fingerprint density at radius 3 is 1.91 bits per heavy atom. The Morgan fingerprint density at radius 2 is 1.48 bits per heavy atom. The highest BCUT2D eigenvalue weighted by Gasteiger charge is 2.41. The molecule has 2 N–H and O–H groups in total. The van der Waals surface area contributed by atoms with Crippen LogP contribution < -0.4 is 5.32 Å². The molecular weight excluding hydrogens is 304 g/mol. The molecule has 0 radical (unpaired) electrons. The van der Waals surface area contributed by atoms with E-state index in [2.05, 4.69) is 5.32 Å². The third kappa shape index (κ3) is 3.71. The summed E-state index contributed by atoms with van der Waals surface area (Å²) >= 11 is 0. The number of hydrogen-bond donors (Lipinski definition) is 2. The van der Waals surface area contributed by atoms with E-state index in [1.54, 1.807) is 0 Å². The van der Waals surface area contributed by atoms with Crippen molar-refractivity contribution in [1.82, 2.24) is 5.32 Å². The fraction of sp³-hybridized carbons (Fsp3) is 0.176. The number of amides is 1. The zero-order valence-corrected chi connectivity index (χ0v) is 12.3. The summed E-state index contributed by atoms with van der Waals surface area (Å²) in [5.74, 6) is -2.80. The van der Waals surface area contributed by atoms with Crippen LogP contribution in [0.4, 0.5) is 8.78 Å². The smallest absolute Gasteiger partial charge is 0.334 e. The van der Waals surface area contributed by atoms with Gasteiger partial charge in [0.05, 0.1) is 0 Å². The summed E-state index contributed by atoms with van der Waals surface area (Å²) in [6, 6.07) is 10.2. The first-order chi connectivity index (χ1) is 10.8. The van der Waals surface area contributed by atoms with E-state index in [0.29, 0.717) is 5.56 Å². The number of rotatable bonds is 5. The van der Waals surface area contributed by atoms with E-state index in [0.717, 1.165) is 12.1 Å². The average Bonchev–Trinajstić information content (AvgIpc) is 2.49. The van der Waals surface area contributed by atoms with Crippen molar-refractivity contribution in [3.63, 3.8) is 0 Å². The molecule has 0 saturated heterocycles. The van der Waals surface area contributed by atoms with Crippen LogP contribution in [-0.2, 0) is 21.5 Å². The van der Waals surface area contributed by atoms with Crippen molar-refractivity contribution in [2.24, 2.45) is 0 Å². The number of nitrogens with one attached hydrogen (secondary N) is 1. The Morgan fingerprint density at radius 1 is 1.00 bits per heavy atom. The molecule has 1 atom stereocenters. The lowest BCUT2D eigenvalue weighted by molar-refractivity contribution is -0.148. The van der Waals surface area contributed by atoms with Crippen LogP contribution >= 0.6 is 0 Å². The predicted octanol–water partition coefficient (Wildman–Crippen LogP) is 2.62. The molecule has 4 nitrogen and oxygen atoms in total. The molecule has 0 aliphatic carbocycles. The molecule has 0 heterocycles. The van der Waals surface area contributed by atoms with Crippen molar-refractivity contribution in [2.75, 3.05) is 0 Å². The SMILES string of the molecule is CC(=O)NC(Cc1ccc(F)cc1)(C(=O)O)c1ccc(F)cc1. The van der Waals surface area contributed by atoms with Gasteiger partial charge in [0.15, 0.2) is 5.54 Å². The molecule has 6 heteroatoms. The lowest BCUT2D eigenvalue weighted by atomic mass is 9.83. The number of carboxylic acids is 1. The van der Waals surface area contributed by atoms with Gasteiger partial charge in [-0.3, -0.25) is 4.79 Å². The molecule has 0 saturated carbocycles. The van der Waals surface area contributed by atoms with Crippen LogP contribution in [-0.4, -0.2) is 17.0 Å². The van der Waals surface area contributed by atoms with Crippen LogP contribution in [0, 0.1) is 11.6 Å². The van der Waals surface area contributed by atoms with E-state index in [1.165, 1.54) is 43.3 Å². The van der Waals surface area contributed by atoms with Crippen molar-refractivity contribution >= 4 is 11.9 Å². The van der Waals surface area contributed by atoms with E-state index in [9.17, 15) is 23.5 Å². The first-order valence-electron chi connectivity index (χ1n) is 6.86. The average molecular weight is 319 g/mol. The van der Waals surface area contributed by atoms with Gasteiger partial charge in [0.2, 0.25) is 5.91 Å². The molecule has 2 aromatic rings. The van der Waals surface area contributed by atoms with Gasteiger partial charge in [-0.05, 0) is 35.4 Å². The van der Waals surface area contributed by atoms with Gasteiger partial charge in [0.1, 0.15) is 11.6 Å². The van der Waals surface area contributed by atoms with Gasteiger partial charge in [-0.2, -0.15) is 0 Å². The molecule has 0 aliphatic rings. The van der Waals surface area contributed by atoms with E-state index in [-0.39, 0.29) is 12.0 Å². The summed E-state index contributed by atoms with van der Waals surface area (Å²) in [5, 5.41) is 12.2. The third-order valence-electron chi connectivity index (χ3n) is 3.47. The Balaban J connectivity index is 2.52. The van der Waals surface area contributed by atoms with Crippen molar-refractivity contribution < 1.29 is 23.5 Å². The van der Waals surface area contributed by atoms with Crippen LogP contribution in [0.3, 0.4) is 0 Å². The van der Waals surface area contributed by atoms with Gasteiger partial charge < -0.3 is 10.4 Å². The summed E-state index contributed by atoms with van der Waals surface area (Å²) < 4.78 is 26.2. The lowest BCUT2D eigenvalue weighted by Gasteiger charge is -2.31. The second kappa shape index (κ2) is 6.56. The standard InChI is InChI=1S/C17H15F2NO3/c1-11(21)20-17(16(22)23,13-4-8-15(19)9-5-13)10-12-2-6-14(18)7-3-12/h2-9H,10H2,1H3,(H,20,21)(H,22,23). The van der Waals surface area contributed by atoms with Crippen molar-refractivity contribution in [3.8, 4) is 0 Å². The van der Waals surface area contributed by atoms with Crippen molar-refractivity contribution in [3.05, 3.63) is 71.3 Å². The Labute approximate surface area is 131 Å². The number of hydrogen-bond acceptors (Lipinski definition) is 2. The summed E-state index contributed by atoms with van der Waals surface area (Å²) in [4.78, 5) is 23.5. The topological polar surface area (TPSA) is 66.4 Å². The van der Waals surface area contributed by atoms with Gasteiger partial charge in [-0.25, -0.2) is 13.6 Å². The molecule has 0 fully saturated rings. The molecule has 1 amide bonds. The predicted molar refractivity (Wildman–Crippen MR) is 79.6 cm³/mol. The zero-order valence-electron chi connectivity index (χ0n) is 12.3. The van der Waals surface area contributed by atoms with Crippen LogP contribution in [0.25, 0.3) is 0 Å². The number of aliphatic carboxylic acids is 1. The zero-order chi connectivity index (χ0) is 17.0. The van der Waals surface area contributed by atoms with E-state index >= 15 is 0 Å². The third-order valence-corrected chi connectivity index (χ3v) is 3.47. The minimum Gasteiger partial charge on any atom is -0.479 e. The largest absolute Gasteiger partial charge is 0.479 e. The maximum Gasteiger partial charge on any atom is 0.334 e. The minimum absolute atomic E-state index is 0.103. The highest BCUT2D eigenvalue weighted by Crippen LogP contribution is 2.27. The van der Waals surface area contributed by atoms with Gasteiger partial charge >= 0.3 is 5.97 Å². The Kier molecular flexibility index (Phi) is 4.74. The van der Waals surface area contributed by atoms with Crippen molar-refractivity contribution in [1.29, 1.82) is 0 Å². The highest BCUT2D eigenvalue weighted by molar-refractivity contribution is 5.87. The fourth-order valence-corrected chi connectivity index (χ4v) is 2.41. The maximum absolute atomic E-state index is 13.1. The first kappa shape index (κ1) is 16.6. The fourth-order valence-electron chi connectivity index (χ4n) is 2.41. The molecule has 0 spiro atoms.